The fourth-order valence-electron chi connectivity index (χ4n) is 3.37. The van der Waals surface area contributed by atoms with Crippen molar-refractivity contribution >= 4 is 0 Å². The molecule has 2 N–H and O–H groups in total. The van der Waals surface area contributed by atoms with E-state index in [1.165, 1.54) is 11.1 Å². The summed E-state index contributed by atoms with van der Waals surface area (Å²) in [6, 6.07) is 10.5. The van der Waals surface area contributed by atoms with E-state index >= 15 is 0 Å². The molecule has 1 aromatic heterocycles. The average Bonchev–Trinajstić information content (AvgIpc) is 2.83. The molecule has 4 heteroatoms. The second-order valence-electron chi connectivity index (χ2n) is 6.45. The fourth-order valence-corrected chi connectivity index (χ4v) is 3.37. The normalized spacial score (nSPS) is 22.9. The van der Waals surface area contributed by atoms with E-state index in [2.05, 4.69) is 46.3 Å². The highest BCUT2D eigenvalue weighted by Crippen LogP contribution is 2.24. The summed E-state index contributed by atoms with van der Waals surface area (Å²) in [7, 11) is 0. The number of hydrogen-bond donors (Lipinski definition) is 2. The van der Waals surface area contributed by atoms with Crippen molar-refractivity contribution in [3.05, 3.63) is 52.8 Å². The van der Waals surface area contributed by atoms with Gasteiger partial charge in [0.05, 0.1) is 11.8 Å². The van der Waals surface area contributed by atoms with E-state index in [4.69, 9.17) is 0 Å². The van der Waals surface area contributed by atoms with Crippen LogP contribution in [0, 0.1) is 19.8 Å². The quantitative estimate of drug-likeness (QED) is 0.912. The van der Waals surface area contributed by atoms with Gasteiger partial charge in [0.15, 0.2) is 0 Å². The lowest BCUT2D eigenvalue weighted by Crippen LogP contribution is -2.44. The van der Waals surface area contributed by atoms with Crippen LogP contribution in [0.4, 0.5) is 0 Å². The molecule has 0 amide bonds. The molecule has 2 heterocycles. The zero-order valence-corrected chi connectivity index (χ0v) is 13.4. The Balaban J connectivity index is 1.58. The van der Waals surface area contributed by atoms with Crippen molar-refractivity contribution in [2.75, 3.05) is 13.1 Å². The molecule has 2 aromatic rings. The summed E-state index contributed by atoms with van der Waals surface area (Å²) in [4.78, 5) is 2.34. The van der Waals surface area contributed by atoms with E-state index in [0.29, 0.717) is 5.92 Å². The van der Waals surface area contributed by atoms with Crippen molar-refractivity contribution in [3.8, 4) is 0 Å². The first kappa shape index (κ1) is 15.3. The van der Waals surface area contributed by atoms with Gasteiger partial charge in [-0.1, -0.05) is 30.3 Å². The number of nitrogens with one attached hydrogen (secondary N) is 1. The topological polar surface area (TPSA) is 52.2 Å². The van der Waals surface area contributed by atoms with Crippen molar-refractivity contribution in [2.24, 2.45) is 5.92 Å². The largest absolute Gasteiger partial charge is 0.391 e. The molecule has 1 aliphatic heterocycles. The van der Waals surface area contributed by atoms with E-state index in [9.17, 15) is 5.11 Å². The second kappa shape index (κ2) is 6.63. The van der Waals surface area contributed by atoms with Gasteiger partial charge in [-0.2, -0.15) is 5.10 Å². The maximum atomic E-state index is 10.5. The highest BCUT2D eigenvalue weighted by Gasteiger charge is 2.28. The average molecular weight is 299 g/mol. The molecule has 22 heavy (non-hydrogen) atoms. The number of aryl methyl sites for hydroxylation is 2. The van der Waals surface area contributed by atoms with Crippen LogP contribution in [0.3, 0.4) is 0 Å². The summed E-state index contributed by atoms with van der Waals surface area (Å²) in [5, 5.41) is 17.8. The van der Waals surface area contributed by atoms with Crippen LogP contribution in [0.25, 0.3) is 0 Å². The van der Waals surface area contributed by atoms with E-state index in [-0.39, 0.29) is 6.10 Å². The summed E-state index contributed by atoms with van der Waals surface area (Å²) in [5.74, 6) is 0.366. The minimum Gasteiger partial charge on any atom is -0.391 e. The Morgan fingerprint density at radius 1 is 1.27 bits per heavy atom. The highest BCUT2D eigenvalue weighted by atomic mass is 16.3. The zero-order chi connectivity index (χ0) is 15.5. The van der Waals surface area contributed by atoms with Gasteiger partial charge in [-0.25, -0.2) is 0 Å². The minimum atomic E-state index is -0.249. The van der Waals surface area contributed by atoms with E-state index < -0.39 is 0 Å². The highest BCUT2D eigenvalue weighted by molar-refractivity contribution is 5.23. The number of hydrogen-bond acceptors (Lipinski definition) is 3. The van der Waals surface area contributed by atoms with Crippen molar-refractivity contribution in [2.45, 2.75) is 39.3 Å². The van der Waals surface area contributed by atoms with Crippen LogP contribution in [0.1, 0.15) is 28.9 Å². The van der Waals surface area contributed by atoms with Crippen molar-refractivity contribution in [1.29, 1.82) is 0 Å². The Hall–Kier alpha value is -1.65. The SMILES string of the molecule is Cc1n[nH]c(C)c1CN1CC[C@H](Cc2ccccc2)[C@@H](O)C1. The molecule has 0 radical (unpaired) electrons. The van der Waals surface area contributed by atoms with Crippen LogP contribution >= 0.6 is 0 Å². The van der Waals surface area contributed by atoms with Crippen molar-refractivity contribution in [3.63, 3.8) is 0 Å². The molecule has 4 nitrogen and oxygen atoms in total. The van der Waals surface area contributed by atoms with Crippen LogP contribution in [0.15, 0.2) is 30.3 Å². The van der Waals surface area contributed by atoms with Crippen LogP contribution in [-0.2, 0) is 13.0 Å². The van der Waals surface area contributed by atoms with Crippen LogP contribution in [0.2, 0.25) is 0 Å². The lowest BCUT2D eigenvalue weighted by Gasteiger charge is -2.36. The van der Waals surface area contributed by atoms with Gasteiger partial charge in [0.25, 0.3) is 0 Å². The number of nitrogens with zero attached hydrogens (tertiary/aromatic N) is 2. The van der Waals surface area contributed by atoms with Gasteiger partial charge in [-0.05, 0) is 44.7 Å². The number of benzene rings is 1. The van der Waals surface area contributed by atoms with E-state index in [0.717, 1.165) is 43.9 Å². The Morgan fingerprint density at radius 2 is 2.05 bits per heavy atom. The van der Waals surface area contributed by atoms with E-state index in [1.807, 2.05) is 13.0 Å². The van der Waals surface area contributed by atoms with Crippen LogP contribution < -0.4 is 0 Å². The number of H-pyrrole nitrogens is 1. The van der Waals surface area contributed by atoms with Crippen LogP contribution in [0.5, 0.6) is 0 Å². The number of rotatable bonds is 4. The standard InChI is InChI=1S/C18H25N3O/c1-13-17(14(2)20-19-13)11-21-9-8-16(18(22)12-21)10-15-6-4-3-5-7-15/h3-7,16,18,22H,8-12H2,1-2H3,(H,19,20)/t16-,18+/m1/s1. The van der Waals surface area contributed by atoms with E-state index in [1.54, 1.807) is 0 Å². The molecule has 1 aromatic carbocycles. The maximum Gasteiger partial charge on any atom is 0.0699 e. The first-order chi connectivity index (χ1) is 10.6. The van der Waals surface area contributed by atoms with Crippen LogP contribution in [-0.4, -0.2) is 39.4 Å². The Labute approximate surface area is 132 Å². The summed E-state index contributed by atoms with van der Waals surface area (Å²) < 4.78 is 0. The predicted octanol–water partition coefficient (Wildman–Crippen LogP) is 2.45. The Bertz CT molecular complexity index is 589. The summed E-state index contributed by atoms with van der Waals surface area (Å²) in [6.07, 6.45) is 1.77. The summed E-state index contributed by atoms with van der Waals surface area (Å²) in [6.45, 7) is 6.77. The molecule has 118 valence electrons. The molecule has 1 fully saturated rings. The zero-order valence-electron chi connectivity index (χ0n) is 13.4. The molecule has 0 unspecified atom stereocenters. The van der Waals surface area contributed by atoms with Gasteiger partial charge in [-0.3, -0.25) is 10.00 Å². The minimum absolute atomic E-state index is 0.249. The molecule has 1 saturated heterocycles. The van der Waals surface area contributed by atoms with Gasteiger partial charge in [-0.15, -0.1) is 0 Å². The molecular weight excluding hydrogens is 274 g/mol. The van der Waals surface area contributed by atoms with Gasteiger partial charge in [0.2, 0.25) is 0 Å². The Morgan fingerprint density at radius 3 is 2.68 bits per heavy atom. The van der Waals surface area contributed by atoms with Gasteiger partial charge in [0.1, 0.15) is 0 Å². The summed E-state index contributed by atoms with van der Waals surface area (Å²) >= 11 is 0. The summed E-state index contributed by atoms with van der Waals surface area (Å²) in [5.41, 5.74) is 4.80. The molecule has 0 aliphatic carbocycles. The third-order valence-corrected chi connectivity index (χ3v) is 4.81. The fraction of sp³-hybridized carbons (Fsp3) is 0.500. The Kier molecular flexibility index (Phi) is 4.60. The number of aliphatic hydroxyl groups excluding tert-OH is 1. The lowest BCUT2D eigenvalue weighted by atomic mass is 9.87. The van der Waals surface area contributed by atoms with Gasteiger partial charge < -0.3 is 5.11 Å². The van der Waals surface area contributed by atoms with Crippen molar-refractivity contribution in [1.82, 2.24) is 15.1 Å². The van der Waals surface area contributed by atoms with Crippen molar-refractivity contribution < 1.29 is 5.11 Å². The third kappa shape index (κ3) is 3.39. The number of likely N-dealkylation sites (tertiary alicyclic amines) is 1. The molecule has 1 aliphatic rings. The number of aromatic amines is 1. The number of aliphatic hydroxyl groups is 1. The lowest BCUT2D eigenvalue weighted by molar-refractivity contribution is 0.0186. The number of β-amino-alcohol motifs (C(OH)–C–C–N with tert-alkyl or cyclic N) is 1. The molecular formula is C18H25N3O. The first-order valence-electron chi connectivity index (χ1n) is 8.08. The third-order valence-electron chi connectivity index (χ3n) is 4.81. The molecule has 0 saturated carbocycles. The second-order valence-corrected chi connectivity index (χ2v) is 6.45. The predicted molar refractivity (Wildman–Crippen MR) is 87.6 cm³/mol. The maximum absolute atomic E-state index is 10.5. The monoisotopic (exact) mass is 299 g/mol. The van der Waals surface area contributed by atoms with Gasteiger partial charge in [0, 0.05) is 24.3 Å². The van der Waals surface area contributed by atoms with Gasteiger partial charge >= 0.3 is 0 Å². The first-order valence-corrected chi connectivity index (χ1v) is 8.08. The molecule has 2 atom stereocenters. The molecule has 3 rings (SSSR count). The number of aromatic nitrogens is 2. The molecule has 0 bridgehead atoms. The number of piperidine rings is 1. The smallest absolute Gasteiger partial charge is 0.0699 e. The molecule has 0 spiro atoms.